The molecule has 0 spiro atoms. The molecule has 7 heteroatoms. The van der Waals surface area contributed by atoms with Crippen molar-refractivity contribution in [3.05, 3.63) is 35.0 Å². The molecular formula is C18H25N5OS. The van der Waals surface area contributed by atoms with Crippen molar-refractivity contribution in [2.75, 3.05) is 39.0 Å². The highest BCUT2D eigenvalue weighted by atomic mass is 32.1. The Balaban J connectivity index is 1.60. The predicted octanol–water partition coefficient (Wildman–Crippen LogP) is 2.86. The normalized spacial score (nSPS) is 15.6. The topological polar surface area (TPSA) is 61.4 Å². The number of hydrogen-bond acceptors (Lipinski definition) is 6. The van der Waals surface area contributed by atoms with E-state index < -0.39 is 0 Å². The fourth-order valence-electron chi connectivity index (χ4n) is 3.07. The quantitative estimate of drug-likeness (QED) is 0.889. The van der Waals surface area contributed by atoms with Gasteiger partial charge in [-0.2, -0.15) is 0 Å². The summed E-state index contributed by atoms with van der Waals surface area (Å²) in [6, 6.07) is 6.09. The molecule has 1 aliphatic heterocycles. The van der Waals surface area contributed by atoms with Gasteiger partial charge in [-0.25, -0.2) is 9.97 Å². The van der Waals surface area contributed by atoms with Crippen LogP contribution in [0.3, 0.4) is 0 Å². The summed E-state index contributed by atoms with van der Waals surface area (Å²) in [5.41, 5.74) is 1.10. The molecule has 1 fully saturated rings. The van der Waals surface area contributed by atoms with Gasteiger partial charge < -0.3 is 15.1 Å². The lowest BCUT2D eigenvalue weighted by atomic mass is 9.93. The van der Waals surface area contributed by atoms with Crippen LogP contribution < -0.4 is 5.32 Å². The standard InChI is InChI=1S/C18H25N5OS/c1-13-11-19-18(25-13)21-16-6-4-5-15(20-16)14-7-9-23(10-8-14)17(24)12-22(2)3/h4-6,11,14H,7-10,12H2,1-3H3,(H,19,20,21). The Kier molecular flexibility index (Phi) is 5.65. The number of thiazole rings is 1. The molecule has 6 nitrogen and oxygen atoms in total. The molecule has 0 atom stereocenters. The van der Waals surface area contributed by atoms with Crippen molar-refractivity contribution in [3.8, 4) is 0 Å². The molecular weight excluding hydrogens is 334 g/mol. The molecule has 0 unspecified atom stereocenters. The largest absolute Gasteiger partial charge is 0.342 e. The number of likely N-dealkylation sites (N-methyl/N-ethyl adjacent to an activating group) is 1. The Morgan fingerprint density at radius 3 is 2.76 bits per heavy atom. The lowest BCUT2D eigenvalue weighted by Crippen LogP contribution is -2.42. The minimum Gasteiger partial charge on any atom is -0.342 e. The monoisotopic (exact) mass is 359 g/mol. The highest BCUT2D eigenvalue weighted by Crippen LogP contribution is 2.28. The van der Waals surface area contributed by atoms with Crippen LogP contribution in [0.1, 0.15) is 29.3 Å². The molecule has 134 valence electrons. The Hall–Kier alpha value is -1.99. The first kappa shape index (κ1) is 17.8. The number of amides is 1. The van der Waals surface area contributed by atoms with Crippen LogP contribution in [0.25, 0.3) is 0 Å². The van der Waals surface area contributed by atoms with Gasteiger partial charge in [-0.05, 0) is 46.0 Å². The fourth-order valence-corrected chi connectivity index (χ4v) is 3.74. The number of likely N-dealkylation sites (tertiary alicyclic amines) is 1. The van der Waals surface area contributed by atoms with Crippen molar-refractivity contribution >= 4 is 28.2 Å². The van der Waals surface area contributed by atoms with E-state index in [0.717, 1.165) is 42.6 Å². The molecule has 3 rings (SSSR count). The van der Waals surface area contributed by atoms with Gasteiger partial charge in [0.2, 0.25) is 5.91 Å². The number of rotatable bonds is 5. The van der Waals surface area contributed by atoms with E-state index in [1.54, 1.807) is 11.3 Å². The summed E-state index contributed by atoms with van der Waals surface area (Å²) in [6.45, 7) is 4.14. The zero-order valence-electron chi connectivity index (χ0n) is 15.0. The van der Waals surface area contributed by atoms with E-state index in [0.29, 0.717) is 12.5 Å². The van der Waals surface area contributed by atoms with Crippen molar-refractivity contribution in [2.45, 2.75) is 25.7 Å². The van der Waals surface area contributed by atoms with Gasteiger partial charge in [0.05, 0.1) is 6.54 Å². The summed E-state index contributed by atoms with van der Waals surface area (Å²) in [5.74, 6) is 1.45. The smallest absolute Gasteiger partial charge is 0.236 e. The Morgan fingerprint density at radius 2 is 2.12 bits per heavy atom. The van der Waals surface area contributed by atoms with E-state index >= 15 is 0 Å². The first-order chi connectivity index (χ1) is 12.0. The third-order valence-electron chi connectivity index (χ3n) is 4.34. The van der Waals surface area contributed by atoms with E-state index in [2.05, 4.69) is 16.4 Å². The number of hydrogen-bond donors (Lipinski definition) is 1. The maximum absolute atomic E-state index is 12.2. The predicted molar refractivity (Wildman–Crippen MR) is 101 cm³/mol. The second-order valence-corrected chi connectivity index (χ2v) is 7.98. The number of carbonyl (C=O) groups is 1. The number of anilines is 2. The van der Waals surface area contributed by atoms with Crippen LogP contribution in [0.15, 0.2) is 24.4 Å². The van der Waals surface area contributed by atoms with Crippen molar-refractivity contribution in [1.29, 1.82) is 0 Å². The second-order valence-electron chi connectivity index (χ2n) is 6.74. The van der Waals surface area contributed by atoms with Gasteiger partial charge in [0.15, 0.2) is 5.13 Å². The molecule has 1 aliphatic rings. The van der Waals surface area contributed by atoms with E-state index in [1.807, 2.05) is 49.1 Å². The summed E-state index contributed by atoms with van der Waals surface area (Å²) in [5, 5.41) is 4.15. The number of nitrogens with one attached hydrogen (secondary N) is 1. The fraction of sp³-hybridized carbons (Fsp3) is 0.500. The van der Waals surface area contributed by atoms with E-state index in [4.69, 9.17) is 4.98 Å². The highest BCUT2D eigenvalue weighted by Gasteiger charge is 2.24. The molecule has 0 radical (unpaired) electrons. The van der Waals surface area contributed by atoms with Crippen LogP contribution in [0, 0.1) is 6.92 Å². The summed E-state index contributed by atoms with van der Waals surface area (Å²) in [4.78, 5) is 26.3. The summed E-state index contributed by atoms with van der Waals surface area (Å²) < 4.78 is 0. The van der Waals surface area contributed by atoms with E-state index in [-0.39, 0.29) is 5.91 Å². The molecule has 0 aromatic carbocycles. The molecule has 1 saturated heterocycles. The first-order valence-corrected chi connectivity index (χ1v) is 9.42. The molecule has 0 bridgehead atoms. The zero-order valence-corrected chi connectivity index (χ0v) is 15.8. The minimum absolute atomic E-state index is 0.214. The molecule has 0 aliphatic carbocycles. The van der Waals surface area contributed by atoms with Crippen LogP contribution >= 0.6 is 11.3 Å². The van der Waals surface area contributed by atoms with Gasteiger partial charge in [0, 0.05) is 35.8 Å². The summed E-state index contributed by atoms with van der Waals surface area (Å²) in [6.07, 6.45) is 3.79. The van der Waals surface area contributed by atoms with Gasteiger partial charge in [0.1, 0.15) is 5.82 Å². The number of aromatic nitrogens is 2. The van der Waals surface area contributed by atoms with Crippen molar-refractivity contribution in [1.82, 2.24) is 19.8 Å². The molecule has 3 heterocycles. The van der Waals surface area contributed by atoms with Gasteiger partial charge in [-0.3, -0.25) is 4.79 Å². The average molecular weight is 359 g/mol. The number of aryl methyl sites for hydroxylation is 1. The van der Waals surface area contributed by atoms with Crippen molar-refractivity contribution in [2.24, 2.45) is 0 Å². The molecule has 2 aromatic rings. The molecule has 0 saturated carbocycles. The lowest BCUT2D eigenvalue weighted by Gasteiger charge is -2.32. The second kappa shape index (κ2) is 7.93. The van der Waals surface area contributed by atoms with Crippen molar-refractivity contribution < 1.29 is 4.79 Å². The van der Waals surface area contributed by atoms with Crippen LogP contribution in [-0.2, 0) is 4.79 Å². The highest BCUT2D eigenvalue weighted by molar-refractivity contribution is 7.15. The molecule has 1 amide bonds. The molecule has 2 aromatic heterocycles. The van der Waals surface area contributed by atoms with Crippen LogP contribution in [0.4, 0.5) is 10.9 Å². The third-order valence-corrected chi connectivity index (χ3v) is 5.17. The average Bonchev–Trinajstić information content (AvgIpc) is 2.99. The lowest BCUT2D eigenvalue weighted by molar-refractivity contribution is -0.132. The SMILES string of the molecule is Cc1cnc(Nc2cccc(C3CCN(C(=O)CN(C)C)CC3)n2)s1. The summed E-state index contributed by atoms with van der Waals surface area (Å²) >= 11 is 1.62. The molecule has 1 N–H and O–H groups in total. The number of pyridine rings is 1. The van der Waals surface area contributed by atoms with Crippen LogP contribution in [0.2, 0.25) is 0 Å². The van der Waals surface area contributed by atoms with Gasteiger partial charge in [-0.1, -0.05) is 6.07 Å². The third kappa shape index (κ3) is 4.76. The minimum atomic E-state index is 0.214. The number of nitrogens with zero attached hydrogens (tertiary/aromatic N) is 4. The maximum atomic E-state index is 12.2. The van der Waals surface area contributed by atoms with E-state index in [1.165, 1.54) is 4.88 Å². The zero-order chi connectivity index (χ0) is 17.8. The van der Waals surface area contributed by atoms with Crippen molar-refractivity contribution in [3.63, 3.8) is 0 Å². The summed E-state index contributed by atoms with van der Waals surface area (Å²) in [7, 11) is 3.86. The Bertz CT molecular complexity index is 722. The van der Waals surface area contributed by atoms with Crippen LogP contribution in [-0.4, -0.2) is 59.4 Å². The maximum Gasteiger partial charge on any atom is 0.236 e. The Morgan fingerprint density at radius 1 is 1.36 bits per heavy atom. The van der Waals surface area contributed by atoms with Gasteiger partial charge in [-0.15, -0.1) is 11.3 Å². The molecule has 25 heavy (non-hydrogen) atoms. The van der Waals surface area contributed by atoms with Gasteiger partial charge >= 0.3 is 0 Å². The number of piperidine rings is 1. The first-order valence-electron chi connectivity index (χ1n) is 8.60. The number of carbonyl (C=O) groups excluding carboxylic acids is 1. The van der Waals surface area contributed by atoms with Gasteiger partial charge in [0.25, 0.3) is 0 Å². The van der Waals surface area contributed by atoms with Crippen LogP contribution in [0.5, 0.6) is 0 Å². The Labute approximate surface area is 152 Å². The van der Waals surface area contributed by atoms with E-state index in [9.17, 15) is 4.79 Å².